The van der Waals surface area contributed by atoms with Gasteiger partial charge in [0, 0.05) is 26.4 Å². The van der Waals surface area contributed by atoms with E-state index < -0.39 is 10.0 Å². The zero-order chi connectivity index (χ0) is 14.0. The summed E-state index contributed by atoms with van der Waals surface area (Å²) in [6.45, 7) is 0. The van der Waals surface area contributed by atoms with E-state index in [1.165, 1.54) is 23.1 Å². The predicted molar refractivity (Wildman–Crippen MR) is 72.8 cm³/mol. The van der Waals surface area contributed by atoms with Gasteiger partial charge in [-0.05, 0) is 6.07 Å². The van der Waals surface area contributed by atoms with Crippen LogP contribution in [0.1, 0.15) is 0 Å². The third-order valence-corrected chi connectivity index (χ3v) is 4.03. The Hall–Kier alpha value is -1.80. The van der Waals surface area contributed by atoms with Crippen molar-refractivity contribution >= 4 is 33.3 Å². The van der Waals surface area contributed by atoms with E-state index in [2.05, 4.69) is 20.1 Å². The minimum absolute atomic E-state index is 0.0160. The fourth-order valence-corrected chi connectivity index (χ4v) is 2.81. The summed E-state index contributed by atoms with van der Waals surface area (Å²) >= 11 is 5.91. The molecule has 0 radical (unpaired) electrons. The lowest BCUT2D eigenvalue weighted by atomic mass is 10.4. The molecule has 0 amide bonds. The number of aryl methyl sites for hydroxylation is 1. The third kappa shape index (κ3) is 2.79. The van der Waals surface area contributed by atoms with E-state index >= 15 is 0 Å². The van der Waals surface area contributed by atoms with Gasteiger partial charge in [0.25, 0.3) is 10.0 Å². The van der Waals surface area contributed by atoms with Gasteiger partial charge >= 0.3 is 0 Å². The molecule has 2 aromatic rings. The second-order valence-corrected chi connectivity index (χ2v) is 5.79. The Morgan fingerprint density at radius 1 is 1.42 bits per heavy atom. The van der Waals surface area contributed by atoms with Crippen LogP contribution >= 0.6 is 11.6 Å². The van der Waals surface area contributed by atoms with Crippen LogP contribution in [0.4, 0.5) is 11.6 Å². The van der Waals surface area contributed by atoms with Gasteiger partial charge in [-0.1, -0.05) is 11.6 Å². The van der Waals surface area contributed by atoms with Gasteiger partial charge in [0.05, 0.1) is 11.2 Å². The zero-order valence-electron chi connectivity index (χ0n) is 10.3. The summed E-state index contributed by atoms with van der Waals surface area (Å²) in [5.74, 6) is 0.773. The standard InChI is InChI=1S/C10H12ClN5O2S/c1-12-10-8(11)5-7(6-13-10)19(17,18)15-9-3-4-14-16(9)2/h3-6,15H,1-2H3,(H,12,13). The summed E-state index contributed by atoms with van der Waals surface area (Å²) in [6.07, 6.45) is 2.73. The third-order valence-electron chi connectivity index (χ3n) is 2.42. The molecule has 2 rings (SSSR count). The Labute approximate surface area is 115 Å². The second-order valence-electron chi connectivity index (χ2n) is 3.70. The molecule has 0 aliphatic heterocycles. The lowest BCUT2D eigenvalue weighted by molar-refractivity contribution is 0.600. The van der Waals surface area contributed by atoms with Crippen molar-refractivity contribution in [3.63, 3.8) is 0 Å². The van der Waals surface area contributed by atoms with Gasteiger partial charge in [-0.15, -0.1) is 0 Å². The Kier molecular flexibility index (Phi) is 3.63. The molecule has 0 aliphatic rings. The van der Waals surface area contributed by atoms with Crippen LogP contribution in [0.15, 0.2) is 29.4 Å². The van der Waals surface area contributed by atoms with E-state index in [4.69, 9.17) is 11.6 Å². The number of halogens is 1. The van der Waals surface area contributed by atoms with Crippen LogP contribution < -0.4 is 10.0 Å². The van der Waals surface area contributed by atoms with E-state index in [-0.39, 0.29) is 9.92 Å². The molecule has 2 heterocycles. The molecule has 0 bridgehead atoms. The summed E-state index contributed by atoms with van der Waals surface area (Å²) in [6, 6.07) is 2.88. The number of anilines is 2. The molecule has 0 saturated heterocycles. The highest BCUT2D eigenvalue weighted by atomic mass is 35.5. The smallest absolute Gasteiger partial charge is 0.264 e. The largest absolute Gasteiger partial charge is 0.372 e. The predicted octanol–water partition coefficient (Wildman–Crippen LogP) is 1.31. The maximum Gasteiger partial charge on any atom is 0.264 e. The van der Waals surface area contributed by atoms with Crippen LogP contribution in [-0.2, 0) is 17.1 Å². The molecule has 0 fully saturated rings. The normalized spacial score (nSPS) is 11.3. The minimum Gasteiger partial charge on any atom is -0.372 e. The molecule has 2 N–H and O–H groups in total. The average molecular weight is 302 g/mol. The van der Waals surface area contributed by atoms with Crippen molar-refractivity contribution in [2.75, 3.05) is 17.1 Å². The molecular weight excluding hydrogens is 290 g/mol. The molecule has 0 unspecified atom stereocenters. The quantitative estimate of drug-likeness (QED) is 0.889. The SMILES string of the molecule is CNc1ncc(S(=O)(=O)Nc2ccnn2C)cc1Cl. The first kappa shape index (κ1) is 13.6. The van der Waals surface area contributed by atoms with E-state index in [9.17, 15) is 8.42 Å². The monoisotopic (exact) mass is 301 g/mol. The van der Waals surface area contributed by atoms with Crippen molar-refractivity contribution in [1.82, 2.24) is 14.8 Å². The van der Waals surface area contributed by atoms with Crippen molar-refractivity contribution in [3.8, 4) is 0 Å². The van der Waals surface area contributed by atoms with Gasteiger partial charge in [0.15, 0.2) is 0 Å². The molecule has 0 aliphatic carbocycles. The first-order valence-electron chi connectivity index (χ1n) is 5.28. The number of pyridine rings is 1. The first-order valence-corrected chi connectivity index (χ1v) is 7.14. The van der Waals surface area contributed by atoms with Crippen LogP contribution in [0.25, 0.3) is 0 Å². The molecule has 102 valence electrons. The van der Waals surface area contributed by atoms with Gasteiger partial charge in [-0.3, -0.25) is 9.40 Å². The molecule has 0 aromatic carbocycles. The van der Waals surface area contributed by atoms with Gasteiger partial charge in [-0.25, -0.2) is 13.4 Å². The number of hydrogen-bond acceptors (Lipinski definition) is 5. The van der Waals surface area contributed by atoms with Crippen molar-refractivity contribution in [2.45, 2.75) is 4.90 Å². The second kappa shape index (κ2) is 5.06. The molecule has 7 nitrogen and oxygen atoms in total. The highest BCUT2D eigenvalue weighted by Crippen LogP contribution is 2.23. The molecule has 19 heavy (non-hydrogen) atoms. The minimum atomic E-state index is -3.74. The first-order chi connectivity index (χ1) is 8.94. The summed E-state index contributed by atoms with van der Waals surface area (Å²) in [4.78, 5) is 3.91. The van der Waals surface area contributed by atoms with E-state index in [0.717, 1.165) is 0 Å². The summed E-state index contributed by atoms with van der Waals surface area (Å²) in [7, 11) is -0.458. The van der Waals surface area contributed by atoms with E-state index in [1.54, 1.807) is 20.2 Å². The van der Waals surface area contributed by atoms with Crippen LogP contribution in [0.5, 0.6) is 0 Å². The van der Waals surface area contributed by atoms with Gasteiger partial charge < -0.3 is 5.32 Å². The summed E-state index contributed by atoms with van der Waals surface area (Å²) in [5.41, 5.74) is 0. The number of aromatic nitrogens is 3. The fourth-order valence-electron chi connectivity index (χ4n) is 1.42. The Balaban J connectivity index is 2.35. The highest BCUT2D eigenvalue weighted by molar-refractivity contribution is 7.92. The van der Waals surface area contributed by atoms with Crippen molar-refractivity contribution < 1.29 is 8.42 Å². The zero-order valence-corrected chi connectivity index (χ0v) is 11.8. The van der Waals surface area contributed by atoms with Gasteiger partial charge in [-0.2, -0.15) is 5.10 Å². The number of rotatable bonds is 4. The van der Waals surface area contributed by atoms with Crippen molar-refractivity contribution in [2.24, 2.45) is 7.05 Å². The van der Waals surface area contributed by atoms with E-state index in [0.29, 0.717) is 11.6 Å². The lowest BCUT2D eigenvalue weighted by Gasteiger charge is -2.09. The van der Waals surface area contributed by atoms with Crippen LogP contribution in [0.2, 0.25) is 5.02 Å². The Bertz CT molecular complexity index is 698. The fraction of sp³-hybridized carbons (Fsp3) is 0.200. The number of nitrogens with zero attached hydrogens (tertiary/aromatic N) is 3. The molecule has 0 saturated carbocycles. The van der Waals surface area contributed by atoms with E-state index in [1.807, 2.05) is 0 Å². The van der Waals surface area contributed by atoms with Crippen LogP contribution in [-0.4, -0.2) is 30.2 Å². The number of nitrogens with one attached hydrogen (secondary N) is 2. The molecule has 9 heteroatoms. The number of sulfonamides is 1. The topological polar surface area (TPSA) is 88.9 Å². The maximum atomic E-state index is 12.1. The molecule has 0 spiro atoms. The molecular formula is C10H12ClN5O2S. The lowest BCUT2D eigenvalue weighted by Crippen LogP contribution is -2.15. The van der Waals surface area contributed by atoms with Gasteiger partial charge in [0.2, 0.25) is 0 Å². The van der Waals surface area contributed by atoms with Crippen molar-refractivity contribution in [3.05, 3.63) is 29.5 Å². The Morgan fingerprint density at radius 3 is 2.68 bits per heavy atom. The van der Waals surface area contributed by atoms with Crippen LogP contribution in [0.3, 0.4) is 0 Å². The highest BCUT2D eigenvalue weighted by Gasteiger charge is 2.17. The number of hydrogen-bond donors (Lipinski definition) is 2. The summed E-state index contributed by atoms with van der Waals surface area (Å²) in [5, 5.41) is 6.87. The maximum absolute atomic E-state index is 12.1. The Morgan fingerprint density at radius 2 is 2.16 bits per heavy atom. The van der Waals surface area contributed by atoms with Crippen LogP contribution in [0, 0.1) is 0 Å². The molecule has 0 atom stereocenters. The molecule has 2 aromatic heterocycles. The van der Waals surface area contributed by atoms with Gasteiger partial charge in [0.1, 0.15) is 16.5 Å². The van der Waals surface area contributed by atoms with Crippen molar-refractivity contribution in [1.29, 1.82) is 0 Å². The summed E-state index contributed by atoms with van der Waals surface area (Å²) < 4.78 is 28.1. The average Bonchev–Trinajstić information content (AvgIpc) is 2.74.